The summed E-state index contributed by atoms with van der Waals surface area (Å²) in [6.45, 7) is 0. The van der Waals surface area contributed by atoms with Gasteiger partial charge in [-0.1, -0.05) is 11.6 Å². The summed E-state index contributed by atoms with van der Waals surface area (Å²) in [5, 5.41) is 10.1. The first-order valence-corrected chi connectivity index (χ1v) is 5.36. The van der Waals surface area contributed by atoms with Crippen molar-refractivity contribution < 1.29 is 13.7 Å². The molecule has 1 aromatic carbocycles. The van der Waals surface area contributed by atoms with Gasteiger partial charge in [0.15, 0.2) is 5.82 Å². The van der Waals surface area contributed by atoms with Gasteiger partial charge in [-0.15, -0.1) is 0 Å². The lowest BCUT2D eigenvalue weighted by Crippen LogP contribution is -1.95. The molecule has 2 rings (SSSR count). The number of halogens is 4. The molecule has 0 N–H and O–H groups in total. The van der Waals surface area contributed by atoms with Crippen LogP contribution in [0.3, 0.4) is 0 Å². The minimum Gasteiger partial charge on any atom is -0.258 e. The number of rotatable bonds is 1. The number of hydrogen-bond donors (Lipinski definition) is 0. The molecule has 0 aliphatic rings. The molecule has 0 bridgehead atoms. The van der Waals surface area contributed by atoms with Gasteiger partial charge < -0.3 is 0 Å². The number of aromatic nitrogens is 1. The first-order valence-electron chi connectivity index (χ1n) is 4.19. The fourth-order valence-electron chi connectivity index (χ4n) is 1.33. The molecule has 0 unspecified atom stereocenters. The second-order valence-electron chi connectivity index (χ2n) is 3.10. The van der Waals surface area contributed by atoms with Crippen molar-refractivity contribution in [1.29, 1.82) is 0 Å². The van der Waals surface area contributed by atoms with Gasteiger partial charge in [-0.3, -0.25) is 10.1 Å². The Labute approximate surface area is 106 Å². The number of hydrogen-bond acceptors (Lipinski definition) is 3. The molecule has 0 radical (unpaired) electrons. The van der Waals surface area contributed by atoms with E-state index in [0.717, 1.165) is 12.3 Å². The van der Waals surface area contributed by atoms with E-state index in [9.17, 15) is 18.9 Å². The molecule has 88 valence electrons. The molecule has 0 atom stereocenters. The number of pyridine rings is 1. The fraction of sp³-hybridized carbons (Fsp3) is 0. The second kappa shape index (κ2) is 4.15. The summed E-state index contributed by atoms with van der Waals surface area (Å²) in [7, 11) is 0. The number of nitro groups is 1. The zero-order chi connectivity index (χ0) is 12.7. The minimum atomic E-state index is -0.947. The molecule has 8 heteroatoms. The van der Waals surface area contributed by atoms with Crippen LogP contribution in [0.15, 0.2) is 16.7 Å². The van der Waals surface area contributed by atoms with Crippen molar-refractivity contribution in [2.24, 2.45) is 0 Å². The lowest BCUT2D eigenvalue weighted by molar-refractivity contribution is -0.384. The van der Waals surface area contributed by atoms with Gasteiger partial charge >= 0.3 is 5.69 Å². The van der Waals surface area contributed by atoms with Crippen molar-refractivity contribution in [3.05, 3.63) is 43.5 Å². The monoisotopic (exact) mass is 322 g/mol. The molecule has 1 aromatic heterocycles. The first kappa shape index (κ1) is 12.1. The van der Waals surface area contributed by atoms with Crippen LogP contribution < -0.4 is 0 Å². The van der Waals surface area contributed by atoms with E-state index in [4.69, 9.17) is 11.6 Å². The SMILES string of the molecule is O=[N+]([O-])c1cnc2c(F)c(Br)c(F)cc2c1Cl. The molecule has 0 spiro atoms. The minimum absolute atomic E-state index is 0.140. The molecule has 0 saturated carbocycles. The van der Waals surface area contributed by atoms with E-state index in [-0.39, 0.29) is 20.4 Å². The maximum atomic E-state index is 13.6. The standard InChI is InChI=1S/C9H2BrClF2N2O2/c10-6-4(12)1-3-7(11)5(15(16)17)2-14-9(3)8(6)13/h1-2H. The number of fused-ring (bicyclic) bond motifs is 1. The molecule has 0 fully saturated rings. The average molecular weight is 323 g/mol. The highest BCUT2D eigenvalue weighted by molar-refractivity contribution is 9.10. The predicted molar refractivity (Wildman–Crippen MR) is 61.0 cm³/mol. The Morgan fingerprint density at radius 1 is 1.47 bits per heavy atom. The van der Waals surface area contributed by atoms with Crippen molar-refractivity contribution in [1.82, 2.24) is 4.98 Å². The van der Waals surface area contributed by atoms with E-state index in [2.05, 4.69) is 20.9 Å². The van der Waals surface area contributed by atoms with Crippen LogP contribution in [0.5, 0.6) is 0 Å². The van der Waals surface area contributed by atoms with Gasteiger partial charge in [0.1, 0.15) is 22.6 Å². The zero-order valence-corrected chi connectivity index (χ0v) is 10.2. The highest BCUT2D eigenvalue weighted by Gasteiger charge is 2.21. The molecule has 0 aliphatic carbocycles. The summed E-state index contributed by atoms with van der Waals surface area (Å²) in [5.41, 5.74) is -0.728. The largest absolute Gasteiger partial charge is 0.306 e. The van der Waals surface area contributed by atoms with Crippen LogP contribution in [-0.4, -0.2) is 9.91 Å². The first-order chi connectivity index (χ1) is 7.93. The smallest absolute Gasteiger partial charge is 0.258 e. The second-order valence-corrected chi connectivity index (χ2v) is 4.27. The van der Waals surface area contributed by atoms with Crippen LogP contribution in [0.4, 0.5) is 14.5 Å². The third-order valence-corrected chi connectivity index (χ3v) is 3.23. The molecule has 17 heavy (non-hydrogen) atoms. The summed E-state index contributed by atoms with van der Waals surface area (Å²) in [4.78, 5) is 13.4. The Balaban J connectivity index is 2.92. The Kier molecular flexibility index (Phi) is 2.96. The van der Waals surface area contributed by atoms with Crippen molar-refractivity contribution in [3.8, 4) is 0 Å². The molecule has 2 aromatic rings. The highest BCUT2D eigenvalue weighted by atomic mass is 79.9. The fourth-order valence-corrected chi connectivity index (χ4v) is 1.89. The van der Waals surface area contributed by atoms with Gasteiger partial charge in [0.25, 0.3) is 0 Å². The molecule has 0 amide bonds. The Morgan fingerprint density at radius 2 is 2.12 bits per heavy atom. The Bertz CT molecular complexity index is 651. The summed E-state index contributed by atoms with van der Waals surface area (Å²) in [6.07, 6.45) is 0.831. The van der Waals surface area contributed by atoms with Gasteiger partial charge in [-0.05, 0) is 22.0 Å². The molecule has 0 aliphatic heterocycles. The van der Waals surface area contributed by atoms with Crippen LogP contribution in [-0.2, 0) is 0 Å². The van der Waals surface area contributed by atoms with Crippen LogP contribution in [0.25, 0.3) is 10.9 Å². The van der Waals surface area contributed by atoms with E-state index in [1.165, 1.54) is 0 Å². The normalized spacial score (nSPS) is 10.8. The van der Waals surface area contributed by atoms with Gasteiger partial charge in [0.2, 0.25) is 0 Å². The van der Waals surface area contributed by atoms with Crippen molar-refractivity contribution in [3.63, 3.8) is 0 Å². The van der Waals surface area contributed by atoms with Gasteiger partial charge in [0.05, 0.1) is 9.40 Å². The van der Waals surface area contributed by atoms with Gasteiger partial charge in [-0.25, -0.2) is 13.8 Å². The quantitative estimate of drug-likeness (QED) is 0.455. The highest BCUT2D eigenvalue weighted by Crippen LogP contribution is 2.35. The lowest BCUT2D eigenvalue weighted by Gasteiger charge is -2.04. The summed E-state index contributed by atoms with van der Waals surface area (Å²) in [5.74, 6) is -1.85. The maximum absolute atomic E-state index is 13.6. The van der Waals surface area contributed by atoms with E-state index in [1.807, 2.05) is 0 Å². The van der Waals surface area contributed by atoms with Crippen molar-refractivity contribution in [2.45, 2.75) is 0 Å². The van der Waals surface area contributed by atoms with Crippen LogP contribution in [0, 0.1) is 21.7 Å². The lowest BCUT2D eigenvalue weighted by atomic mass is 10.2. The van der Waals surface area contributed by atoms with Gasteiger partial charge in [0, 0.05) is 5.39 Å². The number of benzene rings is 1. The summed E-state index contributed by atoms with van der Waals surface area (Å²) < 4.78 is 26.5. The summed E-state index contributed by atoms with van der Waals surface area (Å²) in [6, 6.07) is 0.894. The van der Waals surface area contributed by atoms with E-state index >= 15 is 0 Å². The third kappa shape index (κ3) is 1.85. The third-order valence-electron chi connectivity index (χ3n) is 2.11. The van der Waals surface area contributed by atoms with Crippen LogP contribution in [0.1, 0.15) is 0 Å². The van der Waals surface area contributed by atoms with Crippen molar-refractivity contribution in [2.75, 3.05) is 0 Å². The zero-order valence-electron chi connectivity index (χ0n) is 7.88. The molecule has 4 nitrogen and oxygen atoms in total. The topological polar surface area (TPSA) is 56.0 Å². The van der Waals surface area contributed by atoms with E-state index in [0.29, 0.717) is 0 Å². The molecule has 0 saturated heterocycles. The van der Waals surface area contributed by atoms with E-state index < -0.39 is 22.2 Å². The molecule has 1 heterocycles. The average Bonchev–Trinajstić information content (AvgIpc) is 2.27. The Morgan fingerprint density at radius 3 is 2.71 bits per heavy atom. The molecular weight excluding hydrogens is 321 g/mol. The van der Waals surface area contributed by atoms with Crippen molar-refractivity contribution >= 4 is 44.1 Å². The predicted octanol–water partition coefficient (Wildman–Crippen LogP) is 3.84. The Hall–Kier alpha value is -1.34. The van der Waals surface area contributed by atoms with Crippen LogP contribution in [0.2, 0.25) is 5.02 Å². The van der Waals surface area contributed by atoms with Gasteiger partial charge in [-0.2, -0.15) is 0 Å². The maximum Gasteiger partial charge on any atom is 0.306 e. The van der Waals surface area contributed by atoms with E-state index in [1.54, 1.807) is 0 Å². The summed E-state index contributed by atoms with van der Waals surface area (Å²) >= 11 is 8.41. The molecular formula is C9H2BrClF2N2O2. The van der Waals surface area contributed by atoms with Crippen LogP contribution >= 0.6 is 27.5 Å². The number of nitrogens with zero attached hydrogens (tertiary/aromatic N) is 2.